The molecule has 7 nitrogen and oxygen atoms in total. The maximum atomic E-state index is 11.6. The number of hydrogen-bond donors (Lipinski definition) is 2. The lowest BCUT2D eigenvalue weighted by Gasteiger charge is -2.26. The number of aromatic nitrogens is 2. The Kier molecular flexibility index (Phi) is 2.67. The molecule has 0 fully saturated rings. The van der Waals surface area contributed by atoms with Crippen molar-refractivity contribution in [3.8, 4) is 17.0 Å². The number of ether oxygens (including phenoxy) is 1. The summed E-state index contributed by atoms with van der Waals surface area (Å²) in [5, 5.41) is 6.54. The highest BCUT2D eigenvalue weighted by Crippen LogP contribution is 2.35. The van der Waals surface area contributed by atoms with E-state index in [0.717, 1.165) is 0 Å². The normalized spacial score (nSPS) is 13.8. The second-order valence-electron chi connectivity index (χ2n) is 4.44. The zero-order valence-corrected chi connectivity index (χ0v) is 10.7. The number of aromatic amines is 1. The van der Waals surface area contributed by atoms with Gasteiger partial charge in [-0.25, -0.2) is 0 Å². The van der Waals surface area contributed by atoms with Gasteiger partial charge < -0.3 is 15.4 Å². The number of fused-ring (bicyclic) bond motifs is 1. The Morgan fingerprint density at radius 1 is 1.50 bits per heavy atom. The van der Waals surface area contributed by atoms with Gasteiger partial charge >= 0.3 is 0 Å². The van der Waals surface area contributed by atoms with Crippen LogP contribution in [0.1, 0.15) is 10.4 Å². The average Bonchev–Trinajstić information content (AvgIpc) is 2.83. The molecule has 0 spiro atoms. The number of aldehydes is 1. The number of hydrogen-bond acceptors (Lipinski definition) is 5. The van der Waals surface area contributed by atoms with Crippen LogP contribution in [0.4, 0.5) is 11.5 Å². The zero-order chi connectivity index (χ0) is 14.3. The first-order valence-corrected chi connectivity index (χ1v) is 5.94. The van der Waals surface area contributed by atoms with E-state index in [1.165, 1.54) is 4.90 Å². The van der Waals surface area contributed by atoms with Crippen molar-refractivity contribution in [1.29, 1.82) is 0 Å². The molecule has 0 atom stereocenters. The first-order valence-electron chi connectivity index (χ1n) is 5.94. The summed E-state index contributed by atoms with van der Waals surface area (Å²) in [4.78, 5) is 24.2. The molecule has 0 radical (unpaired) electrons. The number of H-pyrrole nitrogens is 1. The average molecular weight is 272 g/mol. The van der Waals surface area contributed by atoms with E-state index in [1.54, 1.807) is 25.2 Å². The number of anilines is 2. The van der Waals surface area contributed by atoms with Crippen LogP contribution in [0.25, 0.3) is 11.3 Å². The Labute approximate surface area is 114 Å². The summed E-state index contributed by atoms with van der Waals surface area (Å²) in [6, 6.07) is 5.29. The molecule has 3 rings (SSSR count). The third-order valence-electron chi connectivity index (χ3n) is 3.29. The maximum Gasteiger partial charge on any atom is 0.264 e. The molecule has 1 aromatic heterocycles. The first-order chi connectivity index (χ1) is 9.61. The van der Waals surface area contributed by atoms with E-state index in [1.807, 2.05) is 0 Å². The third-order valence-corrected chi connectivity index (χ3v) is 3.29. The second-order valence-corrected chi connectivity index (χ2v) is 4.44. The summed E-state index contributed by atoms with van der Waals surface area (Å²) >= 11 is 0. The van der Waals surface area contributed by atoms with Gasteiger partial charge in [0.25, 0.3) is 5.91 Å². The SMILES string of the molecule is CN1C(=O)COc2ccc(-c3[nH]nc(N)c3C=O)cc21. The van der Waals surface area contributed by atoms with Crippen LogP contribution in [-0.2, 0) is 4.79 Å². The fraction of sp³-hybridized carbons (Fsp3) is 0.154. The highest BCUT2D eigenvalue weighted by atomic mass is 16.5. The standard InChI is InChI=1S/C13H12N4O3/c1-17-9-4-7(2-3-10(9)20-6-11(17)19)12-8(5-18)13(14)16-15-12/h2-5H,6H2,1H3,(H3,14,15,16). The maximum absolute atomic E-state index is 11.6. The molecule has 1 aliphatic heterocycles. The molecule has 102 valence electrons. The monoisotopic (exact) mass is 272 g/mol. The highest BCUT2D eigenvalue weighted by molar-refractivity contribution is 5.99. The van der Waals surface area contributed by atoms with Gasteiger partial charge in [0, 0.05) is 12.6 Å². The van der Waals surface area contributed by atoms with E-state index in [9.17, 15) is 9.59 Å². The minimum atomic E-state index is -0.130. The fourth-order valence-electron chi connectivity index (χ4n) is 2.13. The zero-order valence-electron chi connectivity index (χ0n) is 10.7. The van der Waals surface area contributed by atoms with Crippen LogP contribution < -0.4 is 15.4 Å². The van der Waals surface area contributed by atoms with Crippen molar-refractivity contribution in [3.05, 3.63) is 23.8 Å². The van der Waals surface area contributed by atoms with Gasteiger partial charge in [0.15, 0.2) is 18.7 Å². The largest absolute Gasteiger partial charge is 0.482 e. The number of nitrogens with one attached hydrogen (secondary N) is 1. The molecule has 2 heterocycles. The lowest BCUT2D eigenvalue weighted by atomic mass is 10.1. The number of nitrogen functional groups attached to an aromatic ring is 1. The van der Waals surface area contributed by atoms with Crippen LogP contribution in [0.15, 0.2) is 18.2 Å². The van der Waals surface area contributed by atoms with Crippen molar-refractivity contribution in [2.45, 2.75) is 0 Å². The topological polar surface area (TPSA) is 101 Å². The summed E-state index contributed by atoms with van der Waals surface area (Å²) in [6.07, 6.45) is 0.652. The van der Waals surface area contributed by atoms with Gasteiger partial charge in [0.1, 0.15) is 5.75 Å². The minimum Gasteiger partial charge on any atom is -0.482 e. The van der Waals surface area contributed by atoms with Gasteiger partial charge in [-0.15, -0.1) is 0 Å². The van der Waals surface area contributed by atoms with Crippen LogP contribution in [0.3, 0.4) is 0 Å². The number of nitrogens with zero attached hydrogens (tertiary/aromatic N) is 2. The number of rotatable bonds is 2. The Morgan fingerprint density at radius 2 is 2.30 bits per heavy atom. The molecule has 0 unspecified atom stereocenters. The third kappa shape index (κ3) is 1.71. The Bertz CT molecular complexity index is 708. The van der Waals surface area contributed by atoms with E-state index in [4.69, 9.17) is 10.5 Å². The van der Waals surface area contributed by atoms with E-state index < -0.39 is 0 Å². The number of benzene rings is 1. The molecule has 1 aromatic carbocycles. The van der Waals surface area contributed by atoms with E-state index in [0.29, 0.717) is 34.5 Å². The number of carbonyl (C=O) groups excluding carboxylic acids is 2. The Morgan fingerprint density at radius 3 is 3.05 bits per heavy atom. The minimum absolute atomic E-state index is 0.0272. The summed E-state index contributed by atoms with van der Waals surface area (Å²) in [5.41, 5.74) is 7.79. The van der Waals surface area contributed by atoms with Gasteiger partial charge in [-0.2, -0.15) is 5.10 Å². The van der Waals surface area contributed by atoms with E-state index in [2.05, 4.69) is 10.2 Å². The van der Waals surface area contributed by atoms with Gasteiger partial charge in [0.2, 0.25) is 0 Å². The number of amides is 1. The molecule has 3 N–H and O–H groups in total. The van der Waals surface area contributed by atoms with Crippen LogP contribution in [0.2, 0.25) is 0 Å². The van der Waals surface area contributed by atoms with Crippen molar-refractivity contribution in [2.24, 2.45) is 0 Å². The molecular formula is C13H12N4O3. The first kappa shape index (κ1) is 12.2. The lowest BCUT2D eigenvalue weighted by molar-refractivity contribution is -0.120. The van der Waals surface area contributed by atoms with E-state index >= 15 is 0 Å². The molecule has 20 heavy (non-hydrogen) atoms. The predicted octanol–water partition coefficient (Wildman–Crippen LogP) is 0.827. The molecule has 1 amide bonds. The van der Waals surface area contributed by atoms with Gasteiger partial charge in [-0.1, -0.05) is 0 Å². The Hall–Kier alpha value is -2.83. The molecule has 0 bridgehead atoms. The summed E-state index contributed by atoms with van der Waals surface area (Å²) in [5.74, 6) is 0.638. The van der Waals surface area contributed by atoms with Crippen molar-refractivity contribution >= 4 is 23.7 Å². The Balaban J connectivity index is 2.12. The van der Waals surface area contributed by atoms with Crippen molar-refractivity contribution in [1.82, 2.24) is 10.2 Å². The molecule has 0 saturated heterocycles. The fourth-order valence-corrected chi connectivity index (χ4v) is 2.13. The van der Waals surface area contributed by atoms with Crippen LogP contribution in [-0.4, -0.2) is 36.0 Å². The molecule has 1 aliphatic rings. The molecular weight excluding hydrogens is 260 g/mol. The summed E-state index contributed by atoms with van der Waals surface area (Å²) in [7, 11) is 1.68. The summed E-state index contributed by atoms with van der Waals surface area (Å²) < 4.78 is 5.35. The van der Waals surface area contributed by atoms with Gasteiger partial charge in [-0.05, 0) is 18.2 Å². The molecule has 0 saturated carbocycles. The van der Waals surface area contributed by atoms with Crippen LogP contribution in [0, 0.1) is 0 Å². The molecule has 0 aliphatic carbocycles. The molecule has 2 aromatic rings. The smallest absolute Gasteiger partial charge is 0.264 e. The number of carbonyl (C=O) groups is 2. The molecule has 7 heteroatoms. The number of likely N-dealkylation sites (N-methyl/N-ethyl adjacent to an activating group) is 1. The highest BCUT2D eigenvalue weighted by Gasteiger charge is 2.23. The lowest BCUT2D eigenvalue weighted by Crippen LogP contribution is -2.35. The number of nitrogens with two attached hydrogens (primary N) is 1. The van der Waals surface area contributed by atoms with Gasteiger partial charge in [0.05, 0.1) is 16.9 Å². The van der Waals surface area contributed by atoms with Crippen molar-refractivity contribution in [2.75, 3.05) is 24.3 Å². The van der Waals surface area contributed by atoms with Crippen molar-refractivity contribution in [3.63, 3.8) is 0 Å². The van der Waals surface area contributed by atoms with Gasteiger partial charge in [-0.3, -0.25) is 14.7 Å². The summed E-state index contributed by atoms with van der Waals surface area (Å²) in [6.45, 7) is 0.0272. The van der Waals surface area contributed by atoms with E-state index in [-0.39, 0.29) is 18.3 Å². The van der Waals surface area contributed by atoms with Crippen LogP contribution >= 0.6 is 0 Å². The predicted molar refractivity (Wildman–Crippen MR) is 72.7 cm³/mol. The van der Waals surface area contributed by atoms with Crippen LogP contribution in [0.5, 0.6) is 5.75 Å². The quantitative estimate of drug-likeness (QED) is 0.788. The van der Waals surface area contributed by atoms with Crippen molar-refractivity contribution < 1.29 is 14.3 Å². The second kappa shape index (κ2) is 4.37.